The molecule has 0 aliphatic carbocycles. The van der Waals surface area contributed by atoms with Crippen molar-refractivity contribution in [3.63, 3.8) is 0 Å². The second kappa shape index (κ2) is 5.89. The summed E-state index contributed by atoms with van der Waals surface area (Å²) in [7, 11) is 0. The lowest BCUT2D eigenvalue weighted by molar-refractivity contribution is 0.627. The molecule has 0 fully saturated rings. The summed E-state index contributed by atoms with van der Waals surface area (Å²) in [6.07, 6.45) is 1.36. The lowest BCUT2D eigenvalue weighted by atomic mass is 10.1. The van der Waals surface area contributed by atoms with Gasteiger partial charge in [0.1, 0.15) is 10.8 Å². The molecule has 4 aromatic rings. The maximum atomic E-state index is 13.0. The van der Waals surface area contributed by atoms with Gasteiger partial charge >= 0.3 is 0 Å². The fourth-order valence-electron chi connectivity index (χ4n) is 2.43. The molecule has 2 aromatic heterocycles. The van der Waals surface area contributed by atoms with Crippen LogP contribution in [0.1, 0.15) is 22.0 Å². The van der Waals surface area contributed by atoms with Gasteiger partial charge in [0.2, 0.25) is 4.96 Å². The maximum Gasteiger partial charge on any atom is 0.234 e. The summed E-state index contributed by atoms with van der Waals surface area (Å²) in [6, 6.07) is 16.6. The van der Waals surface area contributed by atoms with E-state index in [-0.39, 0.29) is 5.82 Å². The first-order valence-corrected chi connectivity index (χ1v) is 8.08. The monoisotopic (exact) mass is 324 g/mol. The highest BCUT2D eigenvalue weighted by molar-refractivity contribution is 7.16. The minimum absolute atomic E-state index is 0.237. The van der Waals surface area contributed by atoms with E-state index in [1.165, 1.54) is 17.7 Å². The molecule has 6 heteroatoms. The molecule has 4 nitrogen and oxygen atoms in total. The minimum atomic E-state index is -0.237. The Morgan fingerprint density at radius 3 is 2.39 bits per heavy atom. The third-order valence-electron chi connectivity index (χ3n) is 3.57. The molecule has 0 aliphatic heterocycles. The van der Waals surface area contributed by atoms with Gasteiger partial charge in [0.25, 0.3) is 0 Å². The average molecular weight is 324 g/mol. The van der Waals surface area contributed by atoms with Crippen LogP contribution in [0.3, 0.4) is 0 Å². The van der Waals surface area contributed by atoms with Crippen molar-refractivity contribution in [3.8, 4) is 0 Å². The normalized spacial score (nSPS) is 11.2. The van der Waals surface area contributed by atoms with E-state index in [1.807, 2.05) is 18.2 Å². The number of fused-ring (bicyclic) bond motifs is 1. The lowest BCUT2D eigenvalue weighted by Gasteiger charge is -1.98. The van der Waals surface area contributed by atoms with Gasteiger partial charge in [-0.25, -0.2) is 4.39 Å². The fraction of sp³-hybridized carbons (Fsp3) is 0.118. The number of rotatable bonds is 4. The molecule has 0 radical (unpaired) electrons. The molecular weight excluding hydrogens is 311 g/mol. The number of nitrogens with zero attached hydrogens (tertiary/aromatic N) is 4. The molecule has 0 saturated carbocycles. The first-order valence-electron chi connectivity index (χ1n) is 7.26. The minimum Gasteiger partial charge on any atom is -0.207 e. The average Bonchev–Trinajstić information content (AvgIpc) is 3.12. The molecule has 0 amide bonds. The molecule has 114 valence electrons. The van der Waals surface area contributed by atoms with E-state index in [0.29, 0.717) is 6.42 Å². The Bertz CT molecular complexity index is 928. The largest absolute Gasteiger partial charge is 0.234 e. The van der Waals surface area contributed by atoms with Crippen molar-refractivity contribution in [2.45, 2.75) is 12.8 Å². The Labute approximate surface area is 136 Å². The zero-order chi connectivity index (χ0) is 15.6. The number of aromatic nitrogens is 4. The molecule has 0 bridgehead atoms. The van der Waals surface area contributed by atoms with Gasteiger partial charge in [0.15, 0.2) is 5.82 Å². The Balaban J connectivity index is 1.60. The predicted molar refractivity (Wildman–Crippen MR) is 87.1 cm³/mol. The van der Waals surface area contributed by atoms with Crippen LogP contribution in [-0.4, -0.2) is 19.8 Å². The lowest BCUT2D eigenvalue weighted by Crippen LogP contribution is -1.99. The third kappa shape index (κ3) is 2.98. The topological polar surface area (TPSA) is 43.1 Å². The first-order chi connectivity index (χ1) is 11.3. The van der Waals surface area contributed by atoms with Crippen LogP contribution in [0.2, 0.25) is 0 Å². The quantitative estimate of drug-likeness (QED) is 0.577. The van der Waals surface area contributed by atoms with Gasteiger partial charge in [0.05, 0.1) is 0 Å². The Morgan fingerprint density at radius 2 is 1.61 bits per heavy atom. The predicted octanol–water partition coefficient (Wildman–Crippen LogP) is 3.51. The summed E-state index contributed by atoms with van der Waals surface area (Å²) in [5.41, 5.74) is 2.20. The number of hydrogen-bond acceptors (Lipinski definition) is 4. The maximum absolute atomic E-state index is 13.0. The first kappa shape index (κ1) is 14.0. The van der Waals surface area contributed by atoms with E-state index in [9.17, 15) is 4.39 Å². The second-order valence-corrected chi connectivity index (χ2v) is 6.31. The van der Waals surface area contributed by atoms with Gasteiger partial charge in [0, 0.05) is 12.8 Å². The van der Waals surface area contributed by atoms with Crippen LogP contribution in [0.15, 0.2) is 54.6 Å². The van der Waals surface area contributed by atoms with Crippen molar-refractivity contribution in [1.82, 2.24) is 19.8 Å². The van der Waals surface area contributed by atoms with Crippen LogP contribution < -0.4 is 0 Å². The van der Waals surface area contributed by atoms with Crippen molar-refractivity contribution < 1.29 is 4.39 Å². The number of hydrogen-bond donors (Lipinski definition) is 0. The van der Waals surface area contributed by atoms with Crippen LogP contribution >= 0.6 is 11.3 Å². The van der Waals surface area contributed by atoms with Crippen LogP contribution in [-0.2, 0) is 12.8 Å². The van der Waals surface area contributed by atoms with Crippen molar-refractivity contribution in [2.24, 2.45) is 0 Å². The molecule has 0 saturated heterocycles. The third-order valence-corrected chi connectivity index (χ3v) is 4.47. The molecule has 0 atom stereocenters. The number of benzene rings is 2. The number of halogens is 1. The van der Waals surface area contributed by atoms with Gasteiger partial charge in [-0.2, -0.15) is 9.61 Å². The van der Waals surface area contributed by atoms with Crippen molar-refractivity contribution in [1.29, 1.82) is 0 Å². The van der Waals surface area contributed by atoms with E-state index in [1.54, 1.807) is 28.0 Å². The SMILES string of the molecule is Fc1ccc(Cc2nnc3sc(Cc4ccccc4)nn23)cc1. The van der Waals surface area contributed by atoms with E-state index in [0.717, 1.165) is 27.8 Å². The summed E-state index contributed by atoms with van der Waals surface area (Å²) >= 11 is 1.54. The zero-order valence-corrected chi connectivity index (χ0v) is 13.0. The van der Waals surface area contributed by atoms with Crippen LogP contribution in [0, 0.1) is 5.82 Å². The van der Waals surface area contributed by atoms with Gasteiger partial charge in [-0.15, -0.1) is 10.2 Å². The highest BCUT2D eigenvalue weighted by Gasteiger charge is 2.12. The van der Waals surface area contributed by atoms with Crippen molar-refractivity contribution >= 4 is 16.3 Å². The van der Waals surface area contributed by atoms with Crippen LogP contribution in [0.5, 0.6) is 0 Å². The summed E-state index contributed by atoms with van der Waals surface area (Å²) in [4.78, 5) is 0.785. The highest BCUT2D eigenvalue weighted by Crippen LogP contribution is 2.19. The summed E-state index contributed by atoms with van der Waals surface area (Å²) in [5, 5.41) is 14.0. The summed E-state index contributed by atoms with van der Waals surface area (Å²) in [5.74, 6) is 0.529. The van der Waals surface area contributed by atoms with Crippen LogP contribution in [0.25, 0.3) is 4.96 Å². The molecule has 2 aromatic carbocycles. The molecule has 4 rings (SSSR count). The van der Waals surface area contributed by atoms with E-state index >= 15 is 0 Å². The van der Waals surface area contributed by atoms with Gasteiger partial charge in [-0.05, 0) is 23.3 Å². The standard InChI is InChI=1S/C17H13FN4S/c18-14-8-6-13(7-9-14)10-15-19-20-17-22(15)21-16(23-17)11-12-4-2-1-3-5-12/h1-9H,10-11H2. The van der Waals surface area contributed by atoms with E-state index < -0.39 is 0 Å². The smallest absolute Gasteiger partial charge is 0.207 e. The highest BCUT2D eigenvalue weighted by atomic mass is 32.1. The van der Waals surface area contributed by atoms with Gasteiger partial charge < -0.3 is 0 Å². The van der Waals surface area contributed by atoms with E-state index in [4.69, 9.17) is 0 Å². The Morgan fingerprint density at radius 1 is 0.870 bits per heavy atom. The summed E-state index contributed by atoms with van der Waals surface area (Å²) in [6.45, 7) is 0. The molecule has 0 N–H and O–H groups in total. The molecule has 2 heterocycles. The van der Waals surface area contributed by atoms with Crippen molar-refractivity contribution in [2.75, 3.05) is 0 Å². The zero-order valence-electron chi connectivity index (χ0n) is 12.2. The van der Waals surface area contributed by atoms with E-state index in [2.05, 4.69) is 27.4 Å². The molecular formula is C17H13FN4S. The Kier molecular flexibility index (Phi) is 3.59. The fourth-order valence-corrected chi connectivity index (χ4v) is 3.32. The van der Waals surface area contributed by atoms with Crippen LogP contribution in [0.4, 0.5) is 4.39 Å². The molecule has 23 heavy (non-hydrogen) atoms. The summed E-state index contributed by atoms with van der Waals surface area (Å²) < 4.78 is 14.8. The van der Waals surface area contributed by atoms with Gasteiger partial charge in [-0.1, -0.05) is 53.8 Å². The molecule has 0 spiro atoms. The van der Waals surface area contributed by atoms with Gasteiger partial charge in [-0.3, -0.25) is 0 Å². The Hall–Kier alpha value is -2.60. The van der Waals surface area contributed by atoms with Crippen molar-refractivity contribution in [3.05, 3.63) is 82.4 Å². The molecule has 0 aliphatic rings. The molecule has 0 unspecified atom stereocenters. The second-order valence-electron chi connectivity index (χ2n) is 5.27.